The van der Waals surface area contributed by atoms with E-state index in [0.29, 0.717) is 12.2 Å². The first-order valence-electron chi connectivity index (χ1n) is 6.78. The highest BCUT2D eigenvalue weighted by Gasteiger charge is 2.22. The Morgan fingerprint density at radius 3 is 2.68 bits per heavy atom. The molecule has 19 heavy (non-hydrogen) atoms. The molecule has 2 aromatic rings. The van der Waals surface area contributed by atoms with Gasteiger partial charge in [-0.2, -0.15) is 0 Å². The van der Waals surface area contributed by atoms with Gasteiger partial charge in [-0.1, -0.05) is 20.8 Å². The van der Waals surface area contributed by atoms with Gasteiger partial charge in [0.15, 0.2) is 0 Å². The molecule has 2 rings (SSSR count). The molecule has 0 saturated carbocycles. The molecule has 0 aliphatic heterocycles. The van der Waals surface area contributed by atoms with E-state index in [4.69, 9.17) is 4.74 Å². The van der Waals surface area contributed by atoms with Crippen LogP contribution in [0.4, 0.5) is 0 Å². The minimum absolute atomic E-state index is 0.0422. The fourth-order valence-corrected chi connectivity index (χ4v) is 2.14. The van der Waals surface area contributed by atoms with Crippen LogP contribution < -0.4 is 0 Å². The van der Waals surface area contributed by atoms with Crippen LogP contribution in [0.3, 0.4) is 0 Å². The number of nitrogens with one attached hydrogen (secondary N) is 1. The molecule has 3 nitrogen and oxygen atoms in total. The number of carbonyl (C=O) groups excluding carboxylic acids is 1. The summed E-state index contributed by atoms with van der Waals surface area (Å²) in [5.41, 5.74) is 2.84. The third-order valence-electron chi connectivity index (χ3n) is 3.83. The predicted molar refractivity (Wildman–Crippen MR) is 77.6 cm³/mol. The van der Waals surface area contributed by atoms with Crippen molar-refractivity contribution < 1.29 is 9.53 Å². The number of rotatable bonds is 4. The lowest BCUT2D eigenvalue weighted by Crippen LogP contribution is -2.17. The van der Waals surface area contributed by atoms with Crippen LogP contribution in [0.1, 0.15) is 50.0 Å². The van der Waals surface area contributed by atoms with Crippen molar-refractivity contribution in [2.24, 2.45) is 0 Å². The van der Waals surface area contributed by atoms with Crippen LogP contribution in [0.5, 0.6) is 0 Å². The highest BCUT2D eigenvalue weighted by Crippen LogP contribution is 2.31. The van der Waals surface area contributed by atoms with Gasteiger partial charge in [0, 0.05) is 17.1 Å². The first-order chi connectivity index (χ1) is 8.99. The van der Waals surface area contributed by atoms with Crippen LogP contribution >= 0.6 is 0 Å². The van der Waals surface area contributed by atoms with Crippen molar-refractivity contribution in [2.75, 3.05) is 6.61 Å². The SMILES string of the molecule is CCOC(=O)c1cc(C(C)(C)CC)cc2[nH]ccc12. The van der Waals surface area contributed by atoms with Crippen molar-refractivity contribution in [3.05, 3.63) is 35.5 Å². The molecule has 3 heteroatoms. The summed E-state index contributed by atoms with van der Waals surface area (Å²) in [6.07, 6.45) is 2.87. The molecule has 1 N–H and O–H groups in total. The number of carbonyl (C=O) groups is 1. The van der Waals surface area contributed by atoms with Crippen LogP contribution in [0, 0.1) is 0 Å². The van der Waals surface area contributed by atoms with Crippen molar-refractivity contribution >= 4 is 16.9 Å². The molecule has 102 valence electrons. The molecule has 0 atom stereocenters. The third kappa shape index (κ3) is 2.50. The molecule has 0 saturated heterocycles. The average molecular weight is 259 g/mol. The van der Waals surface area contributed by atoms with Crippen molar-refractivity contribution in [1.82, 2.24) is 4.98 Å². The monoisotopic (exact) mass is 259 g/mol. The van der Waals surface area contributed by atoms with E-state index in [0.717, 1.165) is 22.9 Å². The first-order valence-corrected chi connectivity index (χ1v) is 6.78. The number of H-pyrrole nitrogens is 1. The second kappa shape index (κ2) is 5.08. The Balaban J connectivity index is 2.61. The first kappa shape index (κ1) is 13.7. The topological polar surface area (TPSA) is 42.1 Å². The van der Waals surface area contributed by atoms with Gasteiger partial charge in [0.1, 0.15) is 0 Å². The predicted octanol–water partition coefficient (Wildman–Crippen LogP) is 4.03. The summed E-state index contributed by atoms with van der Waals surface area (Å²) in [6.45, 7) is 8.75. The zero-order valence-electron chi connectivity index (χ0n) is 12.0. The molecular formula is C16H21NO2. The van der Waals surface area contributed by atoms with Gasteiger partial charge in [-0.3, -0.25) is 0 Å². The van der Waals surface area contributed by atoms with Gasteiger partial charge < -0.3 is 9.72 Å². The van der Waals surface area contributed by atoms with Gasteiger partial charge in [0.05, 0.1) is 12.2 Å². The fraction of sp³-hybridized carbons (Fsp3) is 0.438. The minimum atomic E-state index is -0.249. The normalized spacial score (nSPS) is 11.8. The van der Waals surface area contributed by atoms with E-state index < -0.39 is 0 Å². The lowest BCUT2D eigenvalue weighted by Gasteiger charge is -2.24. The van der Waals surface area contributed by atoms with E-state index in [1.54, 1.807) is 0 Å². The Bertz CT molecular complexity index is 596. The van der Waals surface area contributed by atoms with E-state index in [2.05, 4.69) is 31.8 Å². The van der Waals surface area contributed by atoms with E-state index in [1.165, 1.54) is 0 Å². The highest BCUT2D eigenvalue weighted by molar-refractivity contribution is 6.04. The van der Waals surface area contributed by atoms with Gasteiger partial charge >= 0.3 is 5.97 Å². The summed E-state index contributed by atoms with van der Waals surface area (Å²) in [4.78, 5) is 15.3. The van der Waals surface area contributed by atoms with Crippen molar-refractivity contribution in [1.29, 1.82) is 0 Å². The Labute approximate surface area is 114 Å². The standard InChI is InChI=1S/C16H21NO2/c1-5-16(3,4)11-9-13(15(18)19-6-2)12-7-8-17-14(12)10-11/h7-10,17H,5-6H2,1-4H3. The summed E-state index contributed by atoms with van der Waals surface area (Å²) < 4.78 is 5.15. The van der Waals surface area contributed by atoms with Crippen LogP contribution in [0.15, 0.2) is 24.4 Å². The largest absolute Gasteiger partial charge is 0.462 e. The molecule has 0 spiro atoms. The molecule has 0 aliphatic rings. The number of aromatic nitrogens is 1. The van der Waals surface area contributed by atoms with E-state index >= 15 is 0 Å². The molecular weight excluding hydrogens is 238 g/mol. The summed E-state index contributed by atoms with van der Waals surface area (Å²) >= 11 is 0. The maximum atomic E-state index is 12.1. The van der Waals surface area contributed by atoms with Gasteiger partial charge in [-0.05, 0) is 42.5 Å². The van der Waals surface area contributed by atoms with Gasteiger partial charge in [0.2, 0.25) is 0 Å². The van der Waals surface area contributed by atoms with Crippen molar-refractivity contribution in [3.63, 3.8) is 0 Å². The molecule has 0 fully saturated rings. The lowest BCUT2D eigenvalue weighted by atomic mass is 9.81. The number of esters is 1. The number of ether oxygens (including phenoxy) is 1. The molecule has 1 aromatic heterocycles. The number of hydrogen-bond acceptors (Lipinski definition) is 2. The molecule has 0 bridgehead atoms. The Hall–Kier alpha value is -1.77. The van der Waals surface area contributed by atoms with Crippen LogP contribution in [0.25, 0.3) is 10.9 Å². The maximum Gasteiger partial charge on any atom is 0.338 e. The Morgan fingerprint density at radius 2 is 2.05 bits per heavy atom. The second-order valence-electron chi connectivity index (χ2n) is 5.42. The number of aromatic amines is 1. The zero-order chi connectivity index (χ0) is 14.0. The summed E-state index contributed by atoms with van der Waals surface area (Å²) in [6, 6.07) is 6.02. The van der Waals surface area contributed by atoms with Crippen LogP contribution in [-0.2, 0) is 10.2 Å². The second-order valence-corrected chi connectivity index (χ2v) is 5.42. The Morgan fingerprint density at radius 1 is 1.32 bits per heavy atom. The number of benzene rings is 1. The highest BCUT2D eigenvalue weighted by atomic mass is 16.5. The summed E-state index contributed by atoms with van der Waals surface area (Å²) in [5.74, 6) is -0.249. The molecule has 0 radical (unpaired) electrons. The molecule has 1 aromatic carbocycles. The Kier molecular flexibility index (Phi) is 3.65. The van der Waals surface area contributed by atoms with E-state index in [1.807, 2.05) is 25.3 Å². The lowest BCUT2D eigenvalue weighted by molar-refractivity contribution is 0.0528. The smallest absolute Gasteiger partial charge is 0.338 e. The molecule has 1 heterocycles. The summed E-state index contributed by atoms with van der Waals surface area (Å²) in [7, 11) is 0. The average Bonchev–Trinajstić information content (AvgIpc) is 2.85. The van der Waals surface area contributed by atoms with Crippen molar-refractivity contribution in [2.45, 2.75) is 39.5 Å². The number of fused-ring (bicyclic) bond motifs is 1. The van der Waals surface area contributed by atoms with Gasteiger partial charge in [0.25, 0.3) is 0 Å². The molecule has 0 aliphatic carbocycles. The van der Waals surface area contributed by atoms with Crippen molar-refractivity contribution in [3.8, 4) is 0 Å². The molecule has 0 unspecified atom stereocenters. The molecule has 0 amide bonds. The minimum Gasteiger partial charge on any atom is -0.462 e. The van der Waals surface area contributed by atoms with Crippen LogP contribution in [0.2, 0.25) is 0 Å². The van der Waals surface area contributed by atoms with E-state index in [9.17, 15) is 4.79 Å². The number of hydrogen-bond donors (Lipinski definition) is 1. The van der Waals surface area contributed by atoms with Gasteiger partial charge in [-0.15, -0.1) is 0 Å². The zero-order valence-corrected chi connectivity index (χ0v) is 12.0. The maximum absolute atomic E-state index is 12.1. The quantitative estimate of drug-likeness (QED) is 0.842. The van der Waals surface area contributed by atoms with Crippen LogP contribution in [-0.4, -0.2) is 17.6 Å². The fourth-order valence-electron chi connectivity index (χ4n) is 2.14. The van der Waals surface area contributed by atoms with Gasteiger partial charge in [-0.25, -0.2) is 4.79 Å². The summed E-state index contributed by atoms with van der Waals surface area (Å²) in [5, 5.41) is 0.925. The third-order valence-corrected chi connectivity index (χ3v) is 3.83. The van der Waals surface area contributed by atoms with E-state index in [-0.39, 0.29) is 11.4 Å².